The fraction of sp³-hybridized carbons (Fsp3) is 0.0909. The van der Waals surface area contributed by atoms with Crippen molar-refractivity contribution in [2.45, 2.75) is 0 Å². The van der Waals surface area contributed by atoms with Crippen LogP contribution in [0.2, 0.25) is 0 Å². The molecular formula is C11H10N2O. The van der Waals surface area contributed by atoms with Gasteiger partial charge in [0.25, 0.3) is 0 Å². The molecule has 14 heavy (non-hydrogen) atoms. The van der Waals surface area contributed by atoms with E-state index in [2.05, 4.69) is 4.98 Å². The highest BCUT2D eigenvalue weighted by Crippen LogP contribution is 2.13. The summed E-state index contributed by atoms with van der Waals surface area (Å²) < 4.78 is 4.81. The van der Waals surface area contributed by atoms with Crippen molar-refractivity contribution in [3.8, 4) is 0 Å². The monoisotopic (exact) mass is 186 g/mol. The summed E-state index contributed by atoms with van der Waals surface area (Å²) in [5.41, 5.74) is 0.561. The molecule has 3 nitrogen and oxygen atoms in total. The summed E-state index contributed by atoms with van der Waals surface area (Å²) in [6.45, 7) is 0. The third kappa shape index (κ3) is 1.44. The van der Waals surface area contributed by atoms with E-state index in [1.807, 2.05) is 30.3 Å². The van der Waals surface area contributed by atoms with E-state index in [0.717, 1.165) is 10.8 Å². The lowest BCUT2D eigenvalue weighted by Gasteiger charge is -2.02. The zero-order valence-corrected chi connectivity index (χ0v) is 7.82. The van der Waals surface area contributed by atoms with E-state index in [4.69, 9.17) is 10.1 Å². The van der Waals surface area contributed by atoms with Gasteiger partial charge in [0.05, 0.1) is 7.11 Å². The molecule has 0 atom stereocenters. The number of nitrogens with zero attached hydrogens (tertiary/aromatic N) is 1. The minimum atomic E-state index is 0.0933. The highest BCUT2D eigenvalue weighted by Gasteiger charge is 2.02. The number of aromatic nitrogens is 1. The number of fused-ring (bicyclic) bond motifs is 1. The van der Waals surface area contributed by atoms with Gasteiger partial charge in [0, 0.05) is 11.6 Å². The molecule has 0 aliphatic rings. The number of methoxy groups -OCH3 is 1. The predicted molar refractivity (Wildman–Crippen MR) is 55.6 cm³/mol. The first-order chi connectivity index (χ1) is 6.81. The molecule has 2 aromatic rings. The average molecular weight is 186 g/mol. The van der Waals surface area contributed by atoms with E-state index < -0.39 is 0 Å². The fourth-order valence-electron chi connectivity index (χ4n) is 1.31. The number of rotatable bonds is 1. The summed E-state index contributed by atoms with van der Waals surface area (Å²) in [7, 11) is 1.47. The number of nitrogens with one attached hydrogen (secondary N) is 1. The summed E-state index contributed by atoms with van der Waals surface area (Å²) >= 11 is 0. The van der Waals surface area contributed by atoms with Gasteiger partial charge in [-0.3, -0.25) is 10.4 Å². The van der Waals surface area contributed by atoms with Crippen molar-refractivity contribution in [3.63, 3.8) is 0 Å². The summed E-state index contributed by atoms with van der Waals surface area (Å²) in [5.74, 6) is 0.0933. The van der Waals surface area contributed by atoms with Crippen molar-refractivity contribution in [2.24, 2.45) is 0 Å². The number of hydrogen-bond donors (Lipinski definition) is 1. The fourth-order valence-corrected chi connectivity index (χ4v) is 1.31. The van der Waals surface area contributed by atoms with Gasteiger partial charge in [0.15, 0.2) is 0 Å². The van der Waals surface area contributed by atoms with Crippen molar-refractivity contribution in [1.29, 1.82) is 5.41 Å². The van der Waals surface area contributed by atoms with Gasteiger partial charge in [-0.05, 0) is 11.5 Å². The minimum Gasteiger partial charge on any atom is -0.480 e. The Balaban J connectivity index is 2.56. The molecule has 0 saturated heterocycles. The zero-order valence-electron chi connectivity index (χ0n) is 7.82. The van der Waals surface area contributed by atoms with Crippen LogP contribution in [0.5, 0.6) is 0 Å². The quantitative estimate of drug-likeness (QED) is 0.548. The van der Waals surface area contributed by atoms with Crippen molar-refractivity contribution >= 4 is 16.7 Å². The molecule has 0 bridgehead atoms. The Hall–Kier alpha value is -1.90. The summed E-state index contributed by atoms with van der Waals surface area (Å²) in [6.07, 6.45) is 1.75. The Morgan fingerprint density at radius 1 is 1.29 bits per heavy atom. The van der Waals surface area contributed by atoms with Crippen molar-refractivity contribution < 1.29 is 4.74 Å². The molecule has 1 N–H and O–H groups in total. The number of hydrogen-bond acceptors (Lipinski definition) is 3. The van der Waals surface area contributed by atoms with E-state index in [9.17, 15) is 0 Å². The minimum absolute atomic E-state index is 0.0933. The summed E-state index contributed by atoms with van der Waals surface area (Å²) in [4.78, 5) is 4.13. The second kappa shape index (κ2) is 3.46. The van der Waals surface area contributed by atoms with Gasteiger partial charge in [0.1, 0.15) is 5.69 Å². The van der Waals surface area contributed by atoms with Crippen molar-refractivity contribution in [1.82, 2.24) is 4.98 Å². The third-order valence-electron chi connectivity index (χ3n) is 2.07. The van der Waals surface area contributed by atoms with Gasteiger partial charge in [-0.2, -0.15) is 0 Å². The second-order valence-corrected chi connectivity index (χ2v) is 2.95. The van der Waals surface area contributed by atoms with Gasteiger partial charge in [0.2, 0.25) is 5.90 Å². The van der Waals surface area contributed by atoms with Gasteiger partial charge in [-0.1, -0.05) is 24.3 Å². The van der Waals surface area contributed by atoms with Gasteiger partial charge >= 0.3 is 0 Å². The molecule has 0 amide bonds. The van der Waals surface area contributed by atoms with Crippen LogP contribution in [0.25, 0.3) is 10.8 Å². The lowest BCUT2D eigenvalue weighted by atomic mass is 10.1. The third-order valence-corrected chi connectivity index (χ3v) is 2.07. The molecule has 1 aromatic heterocycles. The Bertz CT molecular complexity index is 479. The van der Waals surface area contributed by atoms with Crippen LogP contribution in [-0.2, 0) is 4.74 Å². The molecule has 70 valence electrons. The Kier molecular flexibility index (Phi) is 2.14. The number of benzene rings is 1. The van der Waals surface area contributed by atoms with Gasteiger partial charge in [-0.25, -0.2) is 0 Å². The van der Waals surface area contributed by atoms with E-state index in [1.165, 1.54) is 7.11 Å². The Labute approximate surface area is 81.9 Å². The van der Waals surface area contributed by atoms with E-state index in [-0.39, 0.29) is 5.90 Å². The van der Waals surface area contributed by atoms with Gasteiger partial charge < -0.3 is 4.74 Å². The highest BCUT2D eigenvalue weighted by molar-refractivity contribution is 5.94. The standard InChI is InChI=1S/C11H10N2O/c1-14-11(12)10-6-8-4-2-3-5-9(8)7-13-10/h2-7,12H,1H3. The van der Waals surface area contributed by atoms with Crippen LogP contribution in [0.15, 0.2) is 36.5 Å². The molecular weight excluding hydrogens is 176 g/mol. The summed E-state index contributed by atoms with van der Waals surface area (Å²) in [6, 6.07) is 9.75. The first-order valence-electron chi connectivity index (χ1n) is 4.29. The van der Waals surface area contributed by atoms with Crippen LogP contribution < -0.4 is 0 Å². The molecule has 2 rings (SSSR count). The smallest absolute Gasteiger partial charge is 0.232 e. The Morgan fingerprint density at radius 3 is 2.71 bits per heavy atom. The highest BCUT2D eigenvalue weighted by atomic mass is 16.5. The summed E-state index contributed by atoms with van der Waals surface area (Å²) in [5, 5.41) is 9.61. The largest absolute Gasteiger partial charge is 0.480 e. The maximum Gasteiger partial charge on any atom is 0.232 e. The lowest BCUT2D eigenvalue weighted by molar-refractivity contribution is 0.399. The molecule has 0 fully saturated rings. The van der Waals surface area contributed by atoms with Crippen LogP contribution in [0.1, 0.15) is 5.69 Å². The first-order valence-corrected chi connectivity index (χ1v) is 4.29. The maximum atomic E-state index is 7.47. The van der Waals surface area contributed by atoms with E-state index >= 15 is 0 Å². The molecule has 0 unspecified atom stereocenters. The average Bonchev–Trinajstić information content (AvgIpc) is 2.27. The predicted octanol–water partition coefficient (Wildman–Crippen LogP) is 2.21. The van der Waals surface area contributed by atoms with Crippen LogP contribution in [0.3, 0.4) is 0 Å². The second-order valence-electron chi connectivity index (χ2n) is 2.95. The molecule has 0 radical (unpaired) electrons. The van der Waals surface area contributed by atoms with Gasteiger partial charge in [-0.15, -0.1) is 0 Å². The molecule has 1 heterocycles. The maximum absolute atomic E-state index is 7.47. The number of pyridine rings is 1. The van der Waals surface area contributed by atoms with E-state index in [1.54, 1.807) is 6.20 Å². The Morgan fingerprint density at radius 2 is 2.00 bits per heavy atom. The van der Waals surface area contributed by atoms with E-state index in [0.29, 0.717) is 5.69 Å². The lowest BCUT2D eigenvalue weighted by Crippen LogP contribution is -2.03. The number of ether oxygens (including phenoxy) is 1. The van der Waals surface area contributed by atoms with Crippen LogP contribution in [0.4, 0.5) is 0 Å². The normalized spacial score (nSPS) is 10.1. The van der Waals surface area contributed by atoms with Crippen molar-refractivity contribution in [2.75, 3.05) is 7.11 Å². The molecule has 0 spiro atoms. The van der Waals surface area contributed by atoms with Crippen molar-refractivity contribution in [3.05, 3.63) is 42.2 Å². The zero-order chi connectivity index (χ0) is 9.97. The van der Waals surface area contributed by atoms with Crippen LogP contribution >= 0.6 is 0 Å². The SMILES string of the molecule is COC(=N)c1cc2ccccc2cn1. The molecule has 3 heteroatoms. The van der Waals surface area contributed by atoms with Crippen LogP contribution in [0, 0.1) is 5.41 Å². The topological polar surface area (TPSA) is 46.0 Å². The first kappa shape index (κ1) is 8.69. The molecule has 0 aliphatic carbocycles. The molecule has 0 saturated carbocycles. The van der Waals surface area contributed by atoms with Crippen LogP contribution in [-0.4, -0.2) is 18.0 Å². The molecule has 0 aliphatic heterocycles. The molecule has 1 aromatic carbocycles.